The van der Waals surface area contributed by atoms with Crippen LogP contribution >= 0.6 is 11.6 Å². The molecule has 2 aromatic carbocycles. The third-order valence-electron chi connectivity index (χ3n) is 6.12. The number of fused-ring (bicyclic) bond motifs is 2. The Balaban J connectivity index is 1.47. The van der Waals surface area contributed by atoms with Gasteiger partial charge in [-0.15, -0.1) is 0 Å². The number of halogens is 1. The monoisotopic (exact) mass is 454 g/mol. The van der Waals surface area contributed by atoms with Crippen molar-refractivity contribution in [3.63, 3.8) is 0 Å². The van der Waals surface area contributed by atoms with Gasteiger partial charge >= 0.3 is 5.97 Å². The molecule has 1 amide bonds. The second-order valence-electron chi connectivity index (χ2n) is 8.47. The highest BCUT2D eigenvalue weighted by atomic mass is 35.5. The summed E-state index contributed by atoms with van der Waals surface area (Å²) in [5.41, 5.74) is 4.32. The maximum atomic E-state index is 12.1. The minimum absolute atomic E-state index is 0.0202. The van der Waals surface area contributed by atoms with Gasteiger partial charge < -0.3 is 20.1 Å². The zero-order valence-corrected chi connectivity index (χ0v) is 19.0. The van der Waals surface area contributed by atoms with Crippen molar-refractivity contribution in [1.82, 2.24) is 10.2 Å². The largest absolute Gasteiger partial charge is 0.492 e. The third kappa shape index (κ3) is 4.81. The minimum atomic E-state index is -0.936. The van der Waals surface area contributed by atoms with Crippen molar-refractivity contribution >= 4 is 29.1 Å². The van der Waals surface area contributed by atoms with Gasteiger partial charge in [0.05, 0.1) is 23.2 Å². The number of carbonyl (C=O) groups excluding carboxylic acids is 1. The van der Waals surface area contributed by atoms with E-state index in [-0.39, 0.29) is 18.0 Å². The van der Waals surface area contributed by atoms with E-state index in [0.717, 1.165) is 28.7 Å². The van der Waals surface area contributed by atoms with Crippen LogP contribution in [0.3, 0.4) is 0 Å². The molecular weight excluding hydrogens is 428 g/mol. The van der Waals surface area contributed by atoms with Crippen molar-refractivity contribution < 1.29 is 19.4 Å². The van der Waals surface area contributed by atoms with E-state index >= 15 is 0 Å². The number of nitrogens with zero attached hydrogens (tertiary/aromatic N) is 1. The summed E-state index contributed by atoms with van der Waals surface area (Å²) < 4.78 is 5.84. The van der Waals surface area contributed by atoms with E-state index in [1.165, 1.54) is 6.92 Å². The van der Waals surface area contributed by atoms with Gasteiger partial charge in [-0.3, -0.25) is 4.79 Å². The van der Waals surface area contributed by atoms with Crippen molar-refractivity contribution in [2.24, 2.45) is 0 Å². The Morgan fingerprint density at radius 2 is 1.94 bits per heavy atom. The van der Waals surface area contributed by atoms with Crippen LogP contribution in [0.25, 0.3) is 5.57 Å². The number of piperazine rings is 1. The van der Waals surface area contributed by atoms with Gasteiger partial charge in [-0.1, -0.05) is 41.9 Å². The smallest absolute Gasteiger partial charge is 0.333 e. The lowest BCUT2D eigenvalue weighted by Gasteiger charge is -2.43. The second kappa shape index (κ2) is 9.35. The molecule has 2 aliphatic rings. The van der Waals surface area contributed by atoms with E-state index in [1.54, 1.807) is 4.90 Å². The molecule has 4 rings (SSSR count). The Kier molecular flexibility index (Phi) is 6.53. The van der Waals surface area contributed by atoms with E-state index in [9.17, 15) is 14.7 Å². The number of hydrogen-bond acceptors (Lipinski definition) is 4. The summed E-state index contributed by atoms with van der Waals surface area (Å²) in [5, 5.41) is 13.9. The highest BCUT2D eigenvalue weighted by molar-refractivity contribution is 6.32. The van der Waals surface area contributed by atoms with Gasteiger partial charge in [-0.05, 0) is 47.7 Å². The van der Waals surface area contributed by atoms with Gasteiger partial charge in [0.25, 0.3) is 0 Å². The van der Waals surface area contributed by atoms with Crippen LogP contribution in [0.15, 0.2) is 48.0 Å². The van der Waals surface area contributed by atoms with Gasteiger partial charge in [0.15, 0.2) is 0 Å². The molecule has 7 heteroatoms. The fourth-order valence-corrected chi connectivity index (χ4v) is 4.67. The van der Waals surface area contributed by atoms with Gasteiger partial charge in [0.2, 0.25) is 5.91 Å². The summed E-state index contributed by atoms with van der Waals surface area (Å²) in [6.07, 6.45) is 1.30. The van der Waals surface area contributed by atoms with Crippen LogP contribution in [0, 0.1) is 6.92 Å². The lowest BCUT2D eigenvalue weighted by atomic mass is 9.83. The number of carboxylic acid groups (broad SMARTS) is 1. The van der Waals surface area contributed by atoms with E-state index < -0.39 is 5.97 Å². The van der Waals surface area contributed by atoms with Crippen LogP contribution in [-0.4, -0.2) is 53.7 Å². The first-order valence-electron chi connectivity index (χ1n) is 10.8. The number of carboxylic acids is 1. The van der Waals surface area contributed by atoms with Crippen LogP contribution < -0.4 is 10.1 Å². The summed E-state index contributed by atoms with van der Waals surface area (Å²) in [7, 11) is 0. The molecule has 2 heterocycles. The van der Waals surface area contributed by atoms with Crippen molar-refractivity contribution in [2.75, 3.05) is 19.7 Å². The predicted octanol–water partition coefficient (Wildman–Crippen LogP) is 3.70. The van der Waals surface area contributed by atoms with Crippen LogP contribution in [0.5, 0.6) is 5.75 Å². The Labute approximate surface area is 192 Å². The Morgan fingerprint density at radius 1 is 1.19 bits per heavy atom. The van der Waals surface area contributed by atoms with Crippen LogP contribution in [0.4, 0.5) is 0 Å². The average molecular weight is 455 g/mol. The highest BCUT2D eigenvalue weighted by Crippen LogP contribution is 2.33. The normalized spacial score (nSPS) is 20.3. The molecule has 2 aliphatic heterocycles. The maximum Gasteiger partial charge on any atom is 0.333 e. The summed E-state index contributed by atoms with van der Waals surface area (Å²) in [6.45, 7) is 5.00. The van der Waals surface area contributed by atoms with Gasteiger partial charge in [-0.25, -0.2) is 4.79 Å². The molecule has 2 aromatic rings. The van der Waals surface area contributed by atoms with E-state index in [2.05, 4.69) is 5.32 Å². The molecule has 6 nitrogen and oxygen atoms in total. The number of hydrogen-bond donors (Lipinski definition) is 2. The number of rotatable bonds is 6. The Hall–Kier alpha value is -2.83. The second-order valence-corrected chi connectivity index (χ2v) is 8.88. The molecule has 0 saturated carbocycles. The minimum Gasteiger partial charge on any atom is -0.492 e. The topological polar surface area (TPSA) is 78.9 Å². The van der Waals surface area contributed by atoms with E-state index in [0.29, 0.717) is 42.5 Å². The zero-order valence-electron chi connectivity index (χ0n) is 18.2. The predicted molar refractivity (Wildman–Crippen MR) is 124 cm³/mol. The molecule has 1 fully saturated rings. The molecule has 2 bridgehead atoms. The quantitative estimate of drug-likeness (QED) is 0.695. The fourth-order valence-electron chi connectivity index (χ4n) is 4.50. The number of aliphatic carboxylic acids is 1. The molecule has 0 radical (unpaired) electrons. The molecule has 2 N–H and O–H groups in total. The summed E-state index contributed by atoms with van der Waals surface area (Å²) >= 11 is 6.19. The first-order valence-corrected chi connectivity index (χ1v) is 11.2. The maximum absolute atomic E-state index is 12.1. The molecule has 0 aliphatic carbocycles. The van der Waals surface area contributed by atoms with E-state index in [1.807, 2.05) is 49.4 Å². The number of nitrogens with one attached hydrogen (secondary N) is 1. The standard InChI is InChI=1S/C25H27ClN2O4/c1-15-3-8-21(26)23(11-15)32-10-9-17-4-6-18(7-5-17)20-12-19-13-28(16(2)29)14-22(27-19)24(20)25(30)31/h3-8,11,19,22,27H,9-10,12-14H2,1-2H3,(H,30,31). The molecule has 2 unspecified atom stereocenters. The third-order valence-corrected chi connectivity index (χ3v) is 6.43. The lowest BCUT2D eigenvalue weighted by Crippen LogP contribution is -2.61. The number of amides is 1. The zero-order chi connectivity index (χ0) is 22.8. The molecule has 1 saturated heterocycles. The van der Waals surface area contributed by atoms with Crippen LogP contribution in [0.1, 0.15) is 30.0 Å². The number of ether oxygens (including phenoxy) is 1. The molecule has 2 atom stereocenters. The van der Waals surface area contributed by atoms with Crippen LogP contribution in [-0.2, 0) is 16.0 Å². The SMILES string of the molecule is CC(=O)N1CC2CC(c3ccc(CCOc4cc(C)ccc4Cl)cc3)=C(C(=O)O)C(C1)N2. The van der Waals surface area contributed by atoms with Gasteiger partial charge in [0, 0.05) is 32.5 Å². The first-order chi connectivity index (χ1) is 15.3. The molecule has 32 heavy (non-hydrogen) atoms. The van der Waals surface area contributed by atoms with Gasteiger partial charge in [-0.2, -0.15) is 0 Å². The van der Waals surface area contributed by atoms with E-state index in [4.69, 9.17) is 16.3 Å². The van der Waals surface area contributed by atoms with Gasteiger partial charge in [0.1, 0.15) is 5.75 Å². The summed E-state index contributed by atoms with van der Waals surface area (Å²) in [5.74, 6) is -0.275. The Bertz CT molecular complexity index is 1060. The van der Waals surface area contributed by atoms with Crippen molar-refractivity contribution in [1.29, 1.82) is 0 Å². The fraction of sp³-hybridized carbons (Fsp3) is 0.360. The van der Waals surface area contributed by atoms with Crippen molar-refractivity contribution in [3.8, 4) is 5.75 Å². The van der Waals surface area contributed by atoms with Crippen molar-refractivity contribution in [3.05, 3.63) is 69.8 Å². The first kappa shape index (κ1) is 22.4. The molecule has 0 spiro atoms. The molecule has 168 valence electrons. The Morgan fingerprint density at radius 3 is 2.62 bits per heavy atom. The highest BCUT2D eigenvalue weighted by Gasteiger charge is 2.38. The lowest BCUT2D eigenvalue weighted by molar-refractivity contribution is -0.135. The number of carbonyl (C=O) groups is 2. The van der Waals surface area contributed by atoms with Crippen molar-refractivity contribution in [2.45, 2.75) is 38.8 Å². The molecular formula is C25H27ClN2O4. The summed E-state index contributed by atoms with van der Waals surface area (Å²) in [6, 6.07) is 13.4. The number of benzene rings is 2. The molecule has 0 aromatic heterocycles. The summed E-state index contributed by atoms with van der Waals surface area (Å²) in [4.78, 5) is 25.6. The number of aryl methyl sites for hydroxylation is 1. The van der Waals surface area contributed by atoms with Crippen LogP contribution in [0.2, 0.25) is 5.02 Å². The average Bonchev–Trinajstić information content (AvgIpc) is 2.75.